The number of carbonyl (C=O) groups excluding carboxylic acids is 1. The van der Waals surface area contributed by atoms with Crippen LogP contribution in [0.1, 0.15) is 33.1 Å². The predicted molar refractivity (Wildman–Crippen MR) is 59.8 cm³/mol. The van der Waals surface area contributed by atoms with E-state index in [9.17, 15) is 9.59 Å². The summed E-state index contributed by atoms with van der Waals surface area (Å²) in [7, 11) is 0. The quantitative estimate of drug-likeness (QED) is 0.731. The summed E-state index contributed by atoms with van der Waals surface area (Å²) in [6.45, 7) is 4.32. The highest BCUT2D eigenvalue weighted by molar-refractivity contribution is 5.87. The minimum absolute atomic E-state index is 0.00952. The summed E-state index contributed by atoms with van der Waals surface area (Å²) < 4.78 is 0. The molecule has 92 valence electrons. The van der Waals surface area contributed by atoms with Crippen LogP contribution in [0.15, 0.2) is 0 Å². The Balaban J connectivity index is 2.72. The molecule has 0 bridgehead atoms. The zero-order chi connectivity index (χ0) is 12.3. The average molecular weight is 228 g/mol. The molecule has 1 saturated heterocycles. The van der Waals surface area contributed by atoms with Crippen LogP contribution in [0, 0.1) is 5.92 Å². The fraction of sp³-hybridized carbons (Fsp3) is 0.818. The number of carbonyl (C=O) groups is 2. The SMILES string of the molecule is CCCC(N)C(=O)N1CCC(C)C1C(=O)O. The highest BCUT2D eigenvalue weighted by Crippen LogP contribution is 2.24. The van der Waals surface area contributed by atoms with Crippen LogP contribution in [-0.4, -0.2) is 40.5 Å². The number of likely N-dealkylation sites (tertiary alicyclic amines) is 1. The van der Waals surface area contributed by atoms with Gasteiger partial charge in [0.05, 0.1) is 6.04 Å². The molecular formula is C11H20N2O3. The molecule has 1 rings (SSSR count). The van der Waals surface area contributed by atoms with Gasteiger partial charge in [0.2, 0.25) is 5.91 Å². The van der Waals surface area contributed by atoms with Crippen molar-refractivity contribution in [2.75, 3.05) is 6.54 Å². The van der Waals surface area contributed by atoms with Gasteiger partial charge in [-0.15, -0.1) is 0 Å². The largest absolute Gasteiger partial charge is 0.480 e. The first-order valence-corrected chi connectivity index (χ1v) is 5.77. The topological polar surface area (TPSA) is 83.6 Å². The number of rotatable bonds is 4. The number of nitrogens with two attached hydrogens (primary N) is 1. The molecule has 0 radical (unpaired) electrons. The number of nitrogens with zero attached hydrogens (tertiary/aromatic N) is 1. The lowest BCUT2D eigenvalue weighted by atomic mass is 10.0. The van der Waals surface area contributed by atoms with Gasteiger partial charge in [-0.05, 0) is 18.8 Å². The minimum atomic E-state index is -0.929. The van der Waals surface area contributed by atoms with Crippen LogP contribution in [0.2, 0.25) is 0 Å². The summed E-state index contributed by atoms with van der Waals surface area (Å²) in [6, 6.07) is -1.26. The van der Waals surface area contributed by atoms with Crippen LogP contribution < -0.4 is 5.73 Å². The third-order valence-electron chi connectivity index (χ3n) is 3.15. The van der Waals surface area contributed by atoms with Gasteiger partial charge in [0.1, 0.15) is 6.04 Å². The molecule has 0 aromatic rings. The van der Waals surface area contributed by atoms with Crippen molar-refractivity contribution >= 4 is 11.9 Å². The van der Waals surface area contributed by atoms with Crippen molar-refractivity contribution in [2.24, 2.45) is 11.7 Å². The van der Waals surface area contributed by atoms with E-state index < -0.39 is 18.1 Å². The molecule has 3 unspecified atom stereocenters. The van der Waals surface area contributed by atoms with Crippen molar-refractivity contribution in [1.29, 1.82) is 0 Å². The molecule has 1 aliphatic rings. The molecule has 16 heavy (non-hydrogen) atoms. The Morgan fingerprint density at radius 2 is 2.19 bits per heavy atom. The molecule has 0 saturated carbocycles. The van der Waals surface area contributed by atoms with Crippen molar-refractivity contribution in [1.82, 2.24) is 4.90 Å². The summed E-state index contributed by atoms with van der Waals surface area (Å²) in [5, 5.41) is 9.08. The normalized spacial score (nSPS) is 26.8. The molecule has 3 N–H and O–H groups in total. The molecule has 5 nitrogen and oxygen atoms in total. The van der Waals surface area contributed by atoms with Crippen molar-refractivity contribution in [3.05, 3.63) is 0 Å². The molecular weight excluding hydrogens is 208 g/mol. The zero-order valence-corrected chi connectivity index (χ0v) is 9.85. The maximum Gasteiger partial charge on any atom is 0.326 e. The number of carboxylic acid groups (broad SMARTS) is 1. The first kappa shape index (κ1) is 13.0. The van der Waals surface area contributed by atoms with E-state index >= 15 is 0 Å². The van der Waals surface area contributed by atoms with Crippen molar-refractivity contribution < 1.29 is 14.7 Å². The maximum atomic E-state index is 11.9. The van der Waals surface area contributed by atoms with E-state index in [2.05, 4.69) is 0 Å². The van der Waals surface area contributed by atoms with Crippen LogP contribution in [0.25, 0.3) is 0 Å². The lowest BCUT2D eigenvalue weighted by Crippen LogP contribution is -2.49. The minimum Gasteiger partial charge on any atom is -0.480 e. The lowest BCUT2D eigenvalue weighted by Gasteiger charge is -2.26. The second-order valence-electron chi connectivity index (χ2n) is 4.48. The highest BCUT2D eigenvalue weighted by Gasteiger charge is 2.40. The van der Waals surface area contributed by atoms with Crippen LogP contribution in [-0.2, 0) is 9.59 Å². The Morgan fingerprint density at radius 1 is 1.56 bits per heavy atom. The molecule has 0 aromatic heterocycles. The average Bonchev–Trinajstić information content (AvgIpc) is 2.59. The van der Waals surface area contributed by atoms with Crippen molar-refractivity contribution in [3.63, 3.8) is 0 Å². The second kappa shape index (κ2) is 5.30. The standard InChI is InChI=1S/C11H20N2O3/c1-3-4-8(12)10(14)13-6-5-7(2)9(13)11(15)16/h7-9H,3-6,12H2,1-2H3,(H,15,16). The van der Waals surface area contributed by atoms with E-state index in [1.54, 1.807) is 0 Å². The van der Waals surface area contributed by atoms with Gasteiger partial charge < -0.3 is 15.7 Å². The molecule has 3 atom stereocenters. The van der Waals surface area contributed by atoms with E-state index in [1.807, 2.05) is 13.8 Å². The van der Waals surface area contributed by atoms with Crippen LogP contribution >= 0.6 is 0 Å². The van der Waals surface area contributed by atoms with E-state index in [0.29, 0.717) is 13.0 Å². The second-order valence-corrected chi connectivity index (χ2v) is 4.48. The van der Waals surface area contributed by atoms with E-state index in [4.69, 9.17) is 10.8 Å². The summed E-state index contributed by atoms with van der Waals surface area (Å²) >= 11 is 0. The molecule has 0 aliphatic carbocycles. The summed E-state index contributed by atoms with van der Waals surface area (Å²) in [5.41, 5.74) is 5.73. The lowest BCUT2D eigenvalue weighted by molar-refractivity contribution is -0.149. The highest BCUT2D eigenvalue weighted by atomic mass is 16.4. The van der Waals surface area contributed by atoms with Gasteiger partial charge in [0, 0.05) is 6.54 Å². The van der Waals surface area contributed by atoms with Gasteiger partial charge >= 0.3 is 5.97 Å². The third-order valence-corrected chi connectivity index (χ3v) is 3.15. The van der Waals surface area contributed by atoms with Crippen LogP contribution in [0.5, 0.6) is 0 Å². The molecule has 1 aliphatic heterocycles. The molecule has 0 aromatic carbocycles. The monoisotopic (exact) mass is 228 g/mol. The number of hydrogen-bond acceptors (Lipinski definition) is 3. The number of amides is 1. The van der Waals surface area contributed by atoms with Crippen molar-refractivity contribution in [3.8, 4) is 0 Å². The first-order valence-electron chi connectivity index (χ1n) is 5.77. The third kappa shape index (κ3) is 2.52. The van der Waals surface area contributed by atoms with Crippen LogP contribution in [0.4, 0.5) is 0 Å². The summed E-state index contributed by atoms with van der Waals surface area (Å²) in [5.74, 6) is -1.14. The number of aliphatic carboxylic acids is 1. The Bertz CT molecular complexity index is 280. The number of carboxylic acids is 1. The molecule has 0 spiro atoms. The Labute approximate surface area is 95.6 Å². The molecule has 5 heteroatoms. The Kier molecular flexibility index (Phi) is 4.29. The Morgan fingerprint density at radius 3 is 2.69 bits per heavy atom. The van der Waals surface area contributed by atoms with Crippen LogP contribution in [0.3, 0.4) is 0 Å². The Hall–Kier alpha value is -1.10. The van der Waals surface area contributed by atoms with Gasteiger partial charge in [-0.1, -0.05) is 20.3 Å². The van der Waals surface area contributed by atoms with Gasteiger partial charge in [-0.3, -0.25) is 4.79 Å². The van der Waals surface area contributed by atoms with Gasteiger partial charge in [-0.2, -0.15) is 0 Å². The van der Waals surface area contributed by atoms with E-state index in [0.717, 1.165) is 12.8 Å². The summed E-state index contributed by atoms with van der Waals surface area (Å²) in [4.78, 5) is 24.4. The fourth-order valence-electron chi connectivity index (χ4n) is 2.22. The smallest absolute Gasteiger partial charge is 0.326 e. The van der Waals surface area contributed by atoms with Crippen molar-refractivity contribution in [2.45, 2.75) is 45.2 Å². The fourth-order valence-corrected chi connectivity index (χ4v) is 2.22. The number of hydrogen-bond donors (Lipinski definition) is 2. The first-order chi connectivity index (χ1) is 7.49. The summed E-state index contributed by atoms with van der Waals surface area (Å²) in [6.07, 6.45) is 2.17. The van der Waals surface area contributed by atoms with Gasteiger partial charge in [0.25, 0.3) is 0 Å². The van der Waals surface area contributed by atoms with Gasteiger partial charge in [0.15, 0.2) is 0 Å². The molecule has 1 heterocycles. The van der Waals surface area contributed by atoms with E-state index in [1.165, 1.54) is 4.90 Å². The van der Waals surface area contributed by atoms with E-state index in [-0.39, 0.29) is 11.8 Å². The zero-order valence-electron chi connectivity index (χ0n) is 9.85. The van der Waals surface area contributed by atoms with Gasteiger partial charge in [-0.25, -0.2) is 4.79 Å². The predicted octanol–water partition coefficient (Wildman–Crippen LogP) is 0.435. The maximum absolute atomic E-state index is 11.9. The molecule has 1 amide bonds. The molecule has 1 fully saturated rings.